The summed E-state index contributed by atoms with van der Waals surface area (Å²) in [6, 6.07) is 1.96. The Kier molecular flexibility index (Phi) is 3.64. The fourth-order valence-corrected chi connectivity index (χ4v) is 2.03. The van der Waals surface area contributed by atoms with Crippen LogP contribution in [0.5, 0.6) is 0 Å². The quantitative estimate of drug-likeness (QED) is 0.787. The van der Waals surface area contributed by atoms with Crippen molar-refractivity contribution in [3.8, 4) is 0 Å². The van der Waals surface area contributed by atoms with Gasteiger partial charge in [-0.3, -0.25) is 0 Å². The lowest BCUT2D eigenvalue weighted by Crippen LogP contribution is -2.09. The van der Waals surface area contributed by atoms with Crippen molar-refractivity contribution in [3.63, 3.8) is 0 Å². The number of nitrogens with zero attached hydrogens (tertiary/aromatic N) is 3. The van der Waals surface area contributed by atoms with Crippen LogP contribution in [0.4, 0.5) is 0 Å². The predicted octanol–water partition coefficient (Wildman–Crippen LogP) is 2.69. The Morgan fingerprint density at radius 1 is 1.53 bits per heavy atom. The molecule has 5 heteroatoms. The van der Waals surface area contributed by atoms with Crippen LogP contribution in [-0.2, 0) is 11.3 Å². The van der Waals surface area contributed by atoms with Gasteiger partial charge in [0.25, 0.3) is 0 Å². The van der Waals surface area contributed by atoms with E-state index in [1.807, 2.05) is 24.5 Å². The van der Waals surface area contributed by atoms with Gasteiger partial charge in [-0.15, -0.1) is 11.6 Å². The van der Waals surface area contributed by atoms with Gasteiger partial charge in [0.15, 0.2) is 5.65 Å². The molecule has 0 aliphatic heterocycles. The number of alkyl halides is 1. The van der Waals surface area contributed by atoms with Crippen LogP contribution < -0.4 is 0 Å². The van der Waals surface area contributed by atoms with Gasteiger partial charge in [-0.2, -0.15) is 0 Å². The molecule has 2 rings (SSSR count). The SMILES string of the molecule is COCCn1c(C(C)Cl)nc2c(C)ccnc21. The monoisotopic (exact) mass is 253 g/mol. The molecule has 1 atom stereocenters. The maximum absolute atomic E-state index is 6.16. The van der Waals surface area contributed by atoms with Crippen LogP contribution in [0.25, 0.3) is 11.2 Å². The molecule has 0 amide bonds. The number of aryl methyl sites for hydroxylation is 1. The predicted molar refractivity (Wildman–Crippen MR) is 68.4 cm³/mol. The first-order chi connectivity index (χ1) is 8.15. The average Bonchev–Trinajstić information content (AvgIpc) is 2.67. The second-order valence-electron chi connectivity index (χ2n) is 4.03. The van der Waals surface area contributed by atoms with Crippen LogP contribution in [0.2, 0.25) is 0 Å². The third-order valence-electron chi connectivity index (χ3n) is 2.74. The molecule has 0 radical (unpaired) electrons. The summed E-state index contributed by atoms with van der Waals surface area (Å²) in [6.45, 7) is 5.29. The van der Waals surface area contributed by atoms with Crippen molar-refractivity contribution in [2.24, 2.45) is 0 Å². The summed E-state index contributed by atoms with van der Waals surface area (Å²) < 4.78 is 7.14. The van der Waals surface area contributed by atoms with Gasteiger partial charge in [0.1, 0.15) is 11.3 Å². The first kappa shape index (κ1) is 12.3. The number of pyridine rings is 1. The van der Waals surface area contributed by atoms with Gasteiger partial charge in [0.05, 0.1) is 12.0 Å². The standard InChI is InChI=1S/C12H16ClN3O/c1-8-4-5-14-12-10(8)15-11(9(2)13)16(12)6-7-17-3/h4-5,9H,6-7H2,1-3H3. The zero-order chi connectivity index (χ0) is 12.4. The van der Waals surface area contributed by atoms with E-state index in [-0.39, 0.29) is 5.38 Å². The Labute approximate surface area is 106 Å². The molecule has 2 aromatic rings. The molecule has 92 valence electrons. The molecule has 0 fully saturated rings. The molecule has 0 bridgehead atoms. The third-order valence-corrected chi connectivity index (χ3v) is 2.94. The van der Waals surface area contributed by atoms with Gasteiger partial charge in [-0.05, 0) is 25.5 Å². The Hall–Kier alpha value is -1.13. The second-order valence-corrected chi connectivity index (χ2v) is 4.69. The minimum absolute atomic E-state index is 0.138. The van der Waals surface area contributed by atoms with E-state index >= 15 is 0 Å². The van der Waals surface area contributed by atoms with Crippen LogP contribution in [0.1, 0.15) is 23.7 Å². The molecule has 2 heterocycles. The molecular weight excluding hydrogens is 238 g/mol. The summed E-state index contributed by atoms with van der Waals surface area (Å²) in [5.41, 5.74) is 2.92. The third kappa shape index (κ3) is 2.28. The molecule has 0 saturated carbocycles. The van der Waals surface area contributed by atoms with E-state index in [1.165, 1.54) is 0 Å². The summed E-state index contributed by atoms with van der Waals surface area (Å²) in [7, 11) is 1.68. The maximum Gasteiger partial charge on any atom is 0.160 e. The molecule has 0 aromatic carbocycles. The number of rotatable bonds is 4. The van der Waals surface area contributed by atoms with Gasteiger partial charge in [0.2, 0.25) is 0 Å². The van der Waals surface area contributed by atoms with Crippen LogP contribution in [0.15, 0.2) is 12.3 Å². The molecule has 17 heavy (non-hydrogen) atoms. The normalized spacial score (nSPS) is 13.2. The molecular formula is C12H16ClN3O. The van der Waals surface area contributed by atoms with Gasteiger partial charge in [0, 0.05) is 19.9 Å². The first-order valence-electron chi connectivity index (χ1n) is 5.60. The number of hydrogen-bond donors (Lipinski definition) is 0. The van der Waals surface area contributed by atoms with E-state index < -0.39 is 0 Å². The highest BCUT2D eigenvalue weighted by molar-refractivity contribution is 6.20. The van der Waals surface area contributed by atoms with E-state index in [1.54, 1.807) is 13.3 Å². The zero-order valence-corrected chi connectivity index (χ0v) is 11.0. The summed E-state index contributed by atoms with van der Waals surface area (Å²) in [4.78, 5) is 8.96. The van der Waals surface area contributed by atoms with Crippen molar-refractivity contribution in [1.29, 1.82) is 0 Å². The number of hydrogen-bond acceptors (Lipinski definition) is 3. The highest BCUT2D eigenvalue weighted by atomic mass is 35.5. The second kappa shape index (κ2) is 5.02. The first-order valence-corrected chi connectivity index (χ1v) is 6.03. The van der Waals surface area contributed by atoms with Crippen LogP contribution in [-0.4, -0.2) is 28.3 Å². The molecule has 0 saturated heterocycles. The minimum Gasteiger partial charge on any atom is -0.383 e. The Bertz CT molecular complexity index is 522. The van der Waals surface area contributed by atoms with Crippen molar-refractivity contribution in [2.45, 2.75) is 25.8 Å². The van der Waals surface area contributed by atoms with Gasteiger partial charge in [-0.1, -0.05) is 0 Å². The summed E-state index contributed by atoms with van der Waals surface area (Å²) in [6.07, 6.45) is 1.80. The van der Waals surface area contributed by atoms with Gasteiger partial charge < -0.3 is 9.30 Å². The molecule has 0 aliphatic rings. The van der Waals surface area contributed by atoms with E-state index in [4.69, 9.17) is 16.3 Å². The van der Waals surface area contributed by atoms with Crippen LogP contribution in [0, 0.1) is 6.92 Å². The van der Waals surface area contributed by atoms with Crippen LogP contribution in [0.3, 0.4) is 0 Å². The molecule has 0 aliphatic carbocycles. The number of imidazole rings is 1. The lowest BCUT2D eigenvalue weighted by molar-refractivity contribution is 0.187. The average molecular weight is 254 g/mol. The van der Waals surface area contributed by atoms with Gasteiger partial charge >= 0.3 is 0 Å². The summed E-state index contributed by atoms with van der Waals surface area (Å²) in [5, 5.41) is -0.138. The highest BCUT2D eigenvalue weighted by Gasteiger charge is 2.16. The molecule has 4 nitrogen and oxygen atoms in total. The lowest BCUT2D eigenvalue weighted by atomic mass is 10.3. The van der Waals surface area contributed by atoms with Crippen molar-refractivity contribution >= 4 is 22.8 Å². The number of halogens is 1. The Balaban J connectivity index is 2.59. The highest BCUT2D eigenvalue weighted by Crippen LogP contribution is 2.24. The number of ether oxygens (including phenoxy) is 1. The van der Waals surface area contributed by atoms with E-state index in [0.717, 1.165) is 29.1 Å². The molecule has 1 unspecified atom stereocenters. The topological polar surface area (TPSA) is 39.9 Å². The summed E-state index contributed by atoms with van der Waals surface area (Å²) in [5.74, 6) is 0.848. The maximum atomic E-state index is 6.16. The lowest BCUT2D eigenvalue weighted by Gasteiger charge is -2.08. The zero-order valence-electron chi connectivity index (χ0n) is 10.3. The molecule has 0 spiro atoms. The van der Waals surface area contributed by atoms with Crippen molar-refractivity contribution in [1.82, 2.24) is 14.5 Å². The van der Waals surface area contributed by atoms with E-state index in [9.17, 15) is 0 Å². The van der Waals surface area contributed by atoms with Crippen molar-refractivity contribution < 1.29 is 4.74 Å². The number of aromatic nitrogens is 3. The van der Waals surface area contributed by atoms with E-state index in [0.29, 0.717) is 6.61 Å². The van der Waals surface area contributed by atoms with Crippen molar-refractivity contribution in [2.75, 3.05) is 13.7 Å². The Morgan fingerprint density at radius 3 is 2.94 bits per heavy atom. The van der Waals surface area contributed by atoms with Crippen LogP contribution >= 0.6 is 11.6 Å². The Morgan fingerprint density at radius 2 is 2.29 bits per heavy atom. The summed E-state index contributed by atoms with van der Waals surface area (Å²) >= 11 is 6.16. The van der Waals surface area contributed by atoms with Crippen molar-refractivity contribution in [3.05, 3.63) is 23.7 Å². The number of methoxy groups -OCH3 is 1. The fraction of sp³-hybridized carbons (Fsp3) is 0.500. The fourth-order valence-electron chi connectivity index (χ4n) is 1.86. The molecule has 2 aromatic heterocycles. The van der Waals surface area contributed by atoms with Gasteiger partial charge in [-0.25, -0.2) is 9.97 Å². The molecule has 0 N–H and O–H groups in total. The van der Waals surface area contributed by atoms with E-state index in [2.05, 4.69) is 9.97 Å². The number of fused-ring (bicyclic) bond motifs is 1. The smallest absolute Gasteiger partial charge is 0.160 e. The largest absolute Gasteiger partial charge is 0.383 e. The minimum atomic E-state index is -0.138.